The van der Waals surface area contributed by atoms with E-state index < -0.39 is 0 Å². The lowest BCUT2D eigenvalue weighted by Gasteiger charge is -2.24. The van der Waals surface area contributed by atoms with Crippen molar-refractivity contribution >= 4 is 33.5 Å². The van der Waals surface area contributed by atoms with E-state index in [0.717, 1.165) is 43.9 Å². The van der Waals surface area contributed by atoms with Crippen LogP contribution < -0.4 is 15.5 Å². The zero-order chi connectivity index (χ0) is 18.8. The van der Waals surface area contributed by atoms with Crippen LogP contribution in [0, 0.1) is 0 Å². The van der Waals surface area contributed by atoms with Crippen molar-refractivity contribution in [2.24, 2.45) is 0 Å². The zero-order valence-electron chi connectivity index (χ0n) is 15.5. The molecule has 140 valence electrons. The molecule has 0 unspecified atom stereocenters. The van der Waals surface area contributed by atoms with Crippen LogP contribution in [0.15, 0.2) is 47.1 Å². The van der Waals surface area contributed by atoms with Gasteiger partial charge < -0.3 is 15.5 Å². The van der Waals surface area contributed by atoms with Crippen molar-refractivity contribution in [2.45, 2.75) is 39.7 Å². The minimum absolute atomic E-state index is 0.187. The number of halogens is 1. The van der Waals surface area contributed by atoms with Crippen molar-refractivity contribution in [1.29, 1.82) is 0 Å². The number of benzene rings is 1. The summed E-state index contributed by atoms with van der Waals surface area (Å²) in [5.74, 6) is 0.842. The van der Waals surface area contributed by atoms with Gasteiger partial charge in [0.1, 0.15) is 10.4 Å². The number of aromatic nitrogens is 1. The molecule has 1 aromatic heterocycles. The van der Waals surface area contributed by atoms with E-state index in [1.54, 1.807) is 0 Å². The molecule has 0 aliphatic carbocycles. The highest BCUT2D eigenvalue weighted by Crippen LogP contribution is 2.23. The predicted octanol–water partition coefficient (Wildman–Crippen LogP) is 5.18. The maximum absolute atomic E-state index is 12.0. The predicted molar refractivity (Wildman–Crippen MR) is 112 cm³/mol. The van der Waals surface area contributed by atoms with Crippen molar-refractivity contribution in [3.8, 4) is 0 Å². The molecule has 26 heavy (non-hydrogen) atoms. The molecule has 0 radical (unpaired) electrons. The largest absolute Gasteiger partial charge is 0.352 e. The Kier molecular flexibility index (Phi) is 8.41. The normalized spacial score (nSPS) is 10.4. The lowest BCUT2D eigenvalue weighted by molar-refractivity contribution is 0.252. The number of nitrogens with zero attached hydrogens (tertiary/aromatic N) is 2. The Labute approximate surface area is 164 Å². The van der Waals surface area contributed by atoms with Gasteiger partial charge in [-0.25, -0.2) is 9.78 Å². The molecule has 0 aliphatic rings. The van der Waals surface area contributed by atoms with Crippen LogP contribution in [0.25, 0.3) is 0 Å². The van der Waals surface area contributed by atoms with Crippen LogP contribution in [0.2, 0.25) is 0 Å². The summed E-state index contributed by atoms with van der Waals surface area (Å²) >= 11 is 3.46. The smallest absolute Gasteiger partial charge is 0.319 e. The molecular formula is C20H27BrN4O. The van der Waals surface area contributed by atoms with Gasteiger partial charge in [-0.15, -0.1) is 0 Å². The van der Waals surface area contributed by atoms with Gasteiger partial charge in [0.25, 0.3) is 0 Å². The third-order valence-corrected chi connectivity index (χ3v) is 4.29. The second-order valence-electron chi connectivity index (χ2n) is 6.18. The number of hydrogen-bond acceptors (Lipinski definition) is 3. The fourth-order valence-corrected chi connectivity index (χ4v) is 3.05. The summed E-state index contributed by atoms with van der Waals surface area (Å²) in [6.07, 6.45) is 3.04. The molecule has 0 atom stereocenters. The fourth-order valence-electron chi connectivity index (χ4n) is 2.62. The van der Waals surface area contributed by atoms with Gasteiger partial charge in [-0.2, -0.15) is 0 Å². The number of pyridine rings is 1. The maximum atomic E-state index is 12.0. The number of hydrogen-bond donors (Lipinski definition) is 2. The molecule has 1 aromatic carbocycles. The molecule has 2 rings (SSSR count). The second-order valence-corrected chi connectivity index (χ2v) is 6.99. The molecule has 5 nitrogen and oxygen atoms in total. The third-order valence-electron chi connectivity index (χ3n) is 3.89. The van der Waals surface area contributed by atoms with Crippen LogP contribution in [0.3, 0.4) is 0 Å². The van der Waals surface area contributed by atoms with Gasteiger partial charge >= 0.3 is 6.03 Å². The van der Waals surface area contributed by atoms with E-state index in [-0.39, 0.29) is 6.03 Å². The summed E-state index contributed by atoms with van der Waals surface area (Å²) in [6, 6.07) is 13.9. The topological polar surface area (TPSA) is 57.3 Å². The van der Waals surface area contributed by atoms with Gasteiger partial charge in [0.2, 0.25) is 0 Å². The molecule has 6 heteroatoms. The maximum Gasteiger partial charge on any atom is 0.319 e. The highest BCUT2D eigenvalue weighted by atomic mass is 79.9. The van der Waals surface area contributed by atoms with Crippen LogP contribution in [0.5, 0.6) is 0 Å². The number of unbranched alkanes of at least 4 members (excludes halogenated alkanes) is 1. The number of carbonyl (C=O) groups is 1. The van der Waals surface area contributed by atoms with E-state index in [0.29, 0.717) is 11.1 Å². The van der Waals surface area contributed by atoms with Gasteiger partial charge in [-0.1, -0.05) is 50.6 Å². The van der Waals surface area contributed by atoms with Crippen molar-refractivity contribution in [3.63, 3.8) is 0 Å². The Bertz CT molecular complexity index is 693. The Morgan fingerprint density at radius 1 is 1.15 bits per heavy atom. The molecule has 0 spiro atoms. The number of urea groups is 1. The Hall–Kier alpha value is -2.08. The molecule has 1 heterocycles. The van der Waals surface area contributed by atoms with Gasteiger partial charge in [0, 0.05) is 31.4 Å². The molecule has 0 bridgehead atoms. The average Bonchev–Trinajstić information content (AvgIpc) is 2.62. The summed E-state index contributed by atoms with van der Waals surface area (Å²) in [4.78, 5) is 18.8. The van der Waals surface area contributed by atoms with Crippen molar-refractivity contribution in [3.05, 3.63) is 52.6 Å². The minimum Gasteiger partial charge on any atom is -0.352 e. The molecule has 2 aromatic rings. The summed E-state index contributed by atoms with van der Waals surface area (Å²) in [6.45, 7) is 6.59. The molecule has 2 N–H and O–H groups in total. The first-order valence-corrected chi connectivity index (χ1v) is 9.93. The molecule has 0 saturated heterocycles. The van der Waals surface area contributed by atoms with Crippen molar-refractivity contribution in [1.82, 2.24) is 10.3 Å². The Morgan fingerprint density at radius 3 is 2.62 bits per heavy atom. The minimum atomic E-state index is -0.187. The number of nitrogens with one attached hydrogen (secondary N) is 2. The molecule has 0 saturated carbocycles. The molecule has 0 aliphatic heterocycles. The number of rotatable bonds is 9. The third kappa shape index (κ3) is 6.67. The lowest BCUT2D eigenvalue weighted by Crippen LogP contribution is -2.30. The molecular weight excluding hydrogens is 392 g/mol. The summed E-state index contributed by atoms with van der Waals surface area (Å²) < 4.78 is 0.702. The van der Waals surface area contributed by atoms with E-state index >= 15 is 0 Å². The van der Waals surface area contributed by atoms with E-state index in [1.165, 1.54) is 5.56 Å². The second kappa shape index (κ2) is 10.8. The first kappa shape index (κ1) is 20.2. The Morgan fingerprint density at radius 2 is 1.92 bits per heavy atom. The molecule has 2 amide bonds. The van der Waals surface area contributed by atoms with Crippen LogP contribution in [0.1, 0.15) is 38.7 Å². The monoisotopic (exact) mass is 418 g/mol. The van der Waals surface area contributed by atoms with Crippen LogP contribution >= 0.6 is 15.9 Å². The van der Waals surface area contributed by atoms with E-state index in [9.17, 15) is 4.79 Å². The van der Waals surface area contributed by atoms with Gasteiger partial charge in [-0.3, -0.25) is 0 Å². The SMILES string of the molecule is CCCCNC(=O)Nc1cc(Br)nc(N(CCC)Cc2ccccc2)c1. The first-order chi connectivity index (χ1) is 12.6. The fraction of sp³-hybridized carbons (Fsp3) is 0.400. The first-order valence-electron chi connectivity index (χ1n) is 9.13. The van der Waals surface area contributed by atoms with Gasteiger partial charge in [-0.05, 0) is 40.4 Å². The van der Waals surface area contributed by atoms with E-state index in [2.05, 4.69) is 62.4 Å². The van der Waals surface area contributed by atoms with Crippen LogP contribution in [-0.4, -0.2) is 24.1 Å². The van der Waals surface area contributed by atoms with Gasteiger partial charge in [0.05, 0.1) is 0 Å². The number of carbonyl (C=O) groups excluding carboxylic acids is 1. The number of amides is 2. The average molecular weight is 419 g/mol. The van der Waals surface area contributed by atoms with Crippen LogP contribution in [0.4, 0.5) is 16.3 Å². The summed E-state index contributed by atoms with van der Waals surface area (Å²) in [5.41, 5.74) is 1.96. The highest BCUT2D eigenvalue weighted by molar-refractivity contribution is 9.10. The molecule has 0 fully saturated rings. The standard InChI is InChI=1S/C20H27BrN4O/c1-3-5-11-22-20(26)23-17-13-18(21)24-19(14-17)25(12-4-2)15-16-9-7-6-8-10-16/h6-10,13-14H,3-5,11-12,15H2,1-2H3,(H2,22,23,24,26). The lowest BCUT2D eigenvalue weighted by atomic mass is 10.2. The number of anilines is 2. The van der Waals surface area contributed by atoms with E-state index in [1.807, 2.05) is 30.3 Å². The Balaban J connectivity index is 2.13. The van der Waals surface area contributed by atoms with Crippen molar-refractivity contribution in [2.75, 3.05) is 23.3 Å². The van der Waals surface area contributed by atoms with E-state index in [4.69, 9.17) is 0 Å². The van der Waals surface area contributed by atoms with Crippen molar-refractivity contribution < 1.29 is 4.79 Å². The quantitative estimate of drug-likeness (QED) is 0.435. The van der Waals surface area contributed by atoms with Gasteiger partial charge in [0.15, 0.2) is 0 Å². The highest BCUT2D eigenvalue weighted by Gasteiger charge is 2.12. The summed E-state index contributed by atoms with van der Waals surface area (Å²) in [5, 5.41) is 5.76. The van der Waals surface area contributed by atoms with Crippen LogP contribution in [-0.2, 0) is 6.54 Å². The zero-order valence-corrected chi connectivity index (χ0v) is 17.1. The summed E-state index contributed by atoms with van der Waals surface area (Å²) in [7, 11) is 0.